The van der Waals surface area contributed by atoms with Gasteiger partial charge in [-0.3, -0.25) is 4.21 Å². The molecule has 4 heteroatoms. The van der Waals surface area contributed by atoms with Gasteiger partial charge in [0, 0.05) is 16.3 Å². The highest BCUT2D eigenvalue weighted by Gasteiger charge is 2.07. The molecule has 2 rings (SSSR count). The van der Waals surface area contributed by atoms with Gasteiger partial charge in [0.15, 0.2) is 0 Å². The normalized spacial score (nSPS) is 12.1. The predicted molar refractivity (Wildman–Crippen MR) is 88.2 cm³/mol. The van der Waals surface area contributed by atoms with Crippen molar-refractivity contribution in [3.63, 3.8) is 0 Å². The summed E-state index contributed by atoms with van der Waals surface area (Å²) in [5.74, 6) is 1.40. The minimum atomic E-state index is -0.967. The molecule has 0 amide bonds. The Morgan fingerprint density at radius 2 is 1.81 bits per heavy atom. The largest absolute Gasteiger partial charge is 0.494 e. The summed E-state index contributed by atoms with van der Waals surface area (Å²) in [5, 5.41) is 0. The molecule has 1 unspecified atom stereocenters. The molecule has 0 aliphatic carbocycles. The van der Waals surface area contributed by atoms with Crippen LogP contribution in [0.3, 0.4) is 0 Å². The summed E-state index contributed by atoms with van der Waals surface area (Å²) < 4.78 is 17.9. The van der Waals surface area contributed by atoms with Gasteiger partial charge in [-0.1, -0.05) is 12.1 Å². The fourth-order valence-corrected chi connectivity index (χ4v) is 3.35. The molecule has 0 spiro atoms. The van der Waals surface area contributed by atoms with Crippen LogP contribution in [0.25, 0.3) is 0 Å². The van der Waals surface area contributed by atoms with Crippen molar-refractivity contribution in [1.29, 1.82) is 0 Å². The molecule has 112 valence electrons. The Bertz CT molecular complexity index is 623. The Labute approximate surface area is 128 Å². The third kappa shape index (κ3) is 4.60. The van der Waals surface area contributed by atoms with Gasteiger partial charge in [0.25, 0.3) is 0 Å². The van der Waals surface area contributed by atoms with E-state index < -0.39 is 10.8 Å². The van der Waals surface area contributed by atoms with Crippen molar-refractivity contribution in [3.8, 4) is 5.75 Å². The minimum absolute atomic E-state index is 0.556. The van der Waals surface area contributed by atoms with E-state index in [0.29, 0.717) is 12.4 Å². The highest BCUT2D eigenvalue weighted by Crippen LogP contribution is 2.16. The highest BCUT2D eigenvalue weighted by atomic mass is 32.2. The molecule has 21 heavy (non-hydrogen) atoms. The Hall–Kier alpha value is -1.81. The first kappa shape index (κ1) is 15.6. The van der Waals surface area contributed by atoms with Crippen LogP contribution in [0.1, 0.15) is 17.5 Å². The van der Waals surface area contributed by atoms with E-state index in [9.17, 15) is 4.21 Å². The van der Waals surface area contributed by atoms with Crippen LogP contribution in [-0.2, 0) is 10.8 Å². The standard InChI is InChI=1S/C17H21NO2S/c1-13-4-5-14(2)17(12-13)21(19)11-3-10-20-16-8-6-15(18)7-9-16/h4-9,12H,3,10-11,18H2,1-2H3. The fraction of sp³-hybridized carbons (Fsp3) is 0.294. The maximum absolute atomic E-state index is 12.3. The first-order valence-electron chi connectivity index (χ1n) is 7.00. The van der Waals surface area contributed by atoms with Gasteiger partial charge < -0.3 is 10.5 Å². The third-order valence-electron chi connectivity index (χ3n) is 3.21. The minimum Gasteiger partial charge on any atom is -0.494 e. The summed E-state index contributed by atoms with van der Waals surface area (Å²) in [6.07, 6.45) is 0.754. The van der Waals surface area contributed by atoms with Crippen molar-refractivity contribution < 1.29 is 8.95 Å². The van der Waals surface area contributed by atoms with E-state index in [1.54, 1.807) is 0 Å². The molecule has 1 atom stereocenters. The van der Waals surface area contributed by atoms with Gasteiger partial charge in [-0.15, -0.1) is 0 Å². The first-order valence-corrected chi connectivity index (χ1v) is 8.32. The van der Waals surface area contributed by atoms with Crippen molar-refractivity contribution in [2.24, 2.45) is 0 Å². The average Bonchev–Trinajstić information content (AvgIpc) is 2.47. The zero-order chi connectivity index (χ0) is 15.2. The smallest absolute Gasteiger partial charge is 0.119 e. The van der Waals surface area contributed by atoms with Crippen molar-refractivity contribution in [2.45, 2.75) is 25.2 Å². The number of benzene rings is 2. The van der Waals surface area contributed by atoms with Crippen LogP contribution >= 0.6 is 0 Å². The van der Waals surface area contributed by atoms with Crippen LogP contribution in [0.5, 0.6) is 5.75 Å². The number of nitrogen functional groups attached to an aromatic ring is 1. The predicted octanol–water partition coefficient (Wildman–Crippen LogP) is 3.46. The summed E-state index contributed by atoms with van der Waals surface area (Å²) >= 11 is 0. The quantitative estimate of drug-likeness (QED) is 0.657. The number of rotatable bonds is 6. The van der Waals surface area contributed by atoms with Crippen LogP contribution in [0.15, 0.2) is 47.4 Å². The number of nitrogens with two attached hydrogens (primary N) is 1. The number of anilines is 1. The molecule has 0 aliphatic rings. The molecule has 0 saturated carbocycles. The molecular weight excluding hydrogens is 282 g/mol. The van der Waals surface area contributed by atoms with Crippen LogP contribution in [0.4, 0.5) is 5.69 Å². The zero-order valence-electron chi connectivity index (χ0n) is 12.5. The second-order valence-corrected chi connectivity index (χ2v) is 6.63. The van der Waals surface area contributed by atoms with Gasteiger partial charge in [0.2, 0.25) is 0 Å². The van der Waals surface area contributed by atoms with Gasteiger partial charge >= 0.3 is 0 Å². The Morgan fingerprint density at radius 1 is 1.10 bits per heavy atom. The molecular formula is C17H21NO2S. The monoisotopic (exact) mass is 303 g/mol. The number of hydrogen-bond acceptors (Lipinski definition) is 3. The topological polar surface area (TPSA) is 52.3 Å². The lowest BCUT2D eigenvalue weighted by atomic mass is 10.2. The highest BCUT2D eigenvalue weighted by molar-refractivity contribution is 7.85. The molecule has 2 aromatic rings. The Morgan fingerprint density at radius 3 is 2.52 bits per heavy atom. The van der Waals surface area contributed by atoms with Crippen molar-refractivity contribution in [3.05, 3.63) is 53.6 Å². The van der Waals surface area contributed by atoms with Crippen molar-refractivity contribution in [1.82, 2.24) is 0 Å². The number of ether oxygens (including phenoxy) is 1. The van der Waals surface area contributed by atoms with Gasteiger partial charge in [-0.2, -0.15) is 0 Å². The molecule has 0 fully saturated rings. The van der Waals surface area contributed by atoms with Gasteiger partial charge in [-0.05, 0) is 61.7 Å². The fourth-order valence-electron chi connectivity index (χ4n) is 2.01. The third-order valence-corrected chi connectivity index (χ3v) is 4.80. The summed E-state index contributed by atoms with van der Waals surface area (Å²) in [6.45, 7) is 4.57. The van der Waals surface area contributed by atoms with Crippen LogP contribution in [-0.4, -0.2) is 16.6 Å². The maximum atomic E-state index is 12.3. The lowest BCUT2D eigenvalue weighted by Crippen LogP contribution is -2.06. The molecule has 0 saturated heterocycles. The van der Waals surface area contributed by atoms with Crippen LogP contribution in [0.2, 0.25) is 0 Å². The summed E-state index contributed by atoms with van der Waals surface area (Å²) in [5.41, 5.74) is 8.56. The SMILES string of the molecule is Cc1ccc(C)c(S(=O)CCCOc2ccc(N)cc2)c1. The van der Waals surface area contributed by atoms with E-state index in [-0.39, 0.29) is 0 Å². The summed E-state index contributed by atoms with van der Waals surface area (Å²) in [4.78, 5) is 0.933. The lowest BCUT2D eigenvalue weighted by Gasteiger charge is -2.08. The summed E-state index contributed by atoms with van der Waals surface area (Å²) in [7, 11) is -0.967. The number of aryl methyl sites for hydroxylation is 2. The second-order valence-electron chi connectivity index (χ2n) is 5.09. The van der Waals surface area contributed by atoms with Crippen LogP contribution in [0, 0.1) is 13.8 Å². The van der Waals surface area contributed by atoms with E-state index in [1.165, 1.54) is 0 Å². The molecule has 0 heterocycles. The molecule has 0 aliphatic heterocycles. The van der Waals surface area contributed by atoms with Crippen LogP contribution < -0.4 is 10.5 Å². The van der Waals surface area contributed by atoms with E-state index in [1.807, 2.05) is 56.3 Å². The van der Waals surface area contributed by atoms with E-state index in [4.69, 9.17) is 10.5 Å². The Kier molecular flexibility index (Phi) is 5.39. The molecule has 3 nitrogen and oxygen atoms in total. The van der Waals surface area contributed by atoms with Gasteiger partial charge in [0.05, 0.1) is 17.4 Å². The molecule has 0 bridgehead atoms. The first-order chi connectivity index (χ1) is 10.1. The van der Waals surface area contributed by atoms with E-state index >= 15 is 0 Å². The van der Waals surface area contributed by atoms with E-state index in [0.717, 1.165) is 33.9 Å². The van der Waals surface area contributed by atoms with E-state index in [2.05, 4.69) is 0 Å². The van der Waals surface area contributed by atoms with Gasteiger partial charge in [-0.25, -0.2) is 0 Å². The zero-order valence-corrected chi connectivity index (χ0v) is 13.3. The lowest BCUT2D eigenvalue weighted by molar-refractivity contribution is 0.318. The van der Waals surface area contributed by atoms with Crippen molar-refractivity contribution in [2.75, 3.05) is 18.1 Å². The summed E-state index contributed by atoms with van der Waals surface area (Å²) in [6, 6.07) is 13.4. The molecule has 0 aromatic heterocycles. The Balaban J connectivity index is 1.81. The van der Waals surface area contributed by atoms with Crippen molar-refractivity contribution >= 4 is 16.5 Å². The second kappa shape index (κ2) is 7.27. The van der Waals surface area contributed by atoms with Gasteiger partial charge in [0.1, 0.15) is 5.75 Å². The molecule has 0 radical (unpaired) electrons. The number of hydrogen-bond donors (Lipinski definition) is 1. The molecule has 2 N–H and O–H groups in total. The maximum Gasteiger partial charge on any atom is 0.119 e. The molecule has 2 aromatic carbocycles. The average molecular weight is 303 g/mol.